The molecule has 10 heteroatoms. The van der Waals surface area contributed by atoms with Crippen molar-refractivity contribution in [3.05, 3.63) is 52.0 Å². The van der Waals surface area contributed by atoms with E-state index in [1.54, 1.807) is 12.1 Å². The summed E-state index contributed by atoms with van der Waals surface area (Å²) >= 11 is 11.8. The molecular formula is C18H13Cl2F3N2O3. The highest BCUT2D eigenvalue weighted by atomic mass is 35.5. The van der Waals surface area contributed by atoms with Gasteiger partial charge in [0.05, 0.1) is 22.0 Å². The Morgan fingerprint density at radius 1 is 1.21 bits per heavy atom. The van der Waals surface area contributed by atoms with Gasteiger partial charge in [-0.3, -0.25) is 14.5 Å². The number of benzene rings is 2. The van der Waals surface area contributed by atoms with E-state index in [0.29, 0.717) is 16.5 Å². The minimum Gasteiger partial charge on any atom is -0.479 e. The Morgan fingerprint density at radius 2 is 1.93 bits per heavy atom. The lowest BCUT2D eigenvalue weighted by Gasteiger charge is -2.32. The molecule has 1 unspecified atom stereocenters. The zero-order valence-corrected chi connectivity index (χ0v) is 15.8. The van der Waals surface area contributed by atoms with E-state index < -0.39 is 36.2 Å². The highest BCUT2D eigenvalue weighted by molar-refractivity contribution is 6.33. The second kappa shape index (κ2) is 7.52. The molecule has 1 atom stereocenters. The number of anilines is 2. The number of rotatable bonds is 3. The molecule has 3 rings (SSSR count). The van der Waals surface area contributed by atoms with Crippen LogP contribution in [0.15, 0.2) is 36.4 Å². The zero-order chi connectivity index (χ0) is 20.6. The highest BCUT2D eigenvalue weighted by Gasteiger charge is 2.34. The Bertz CT molecular complexity index is 950. The van der Waals surface area contributed by atoms with E-state index >= 15 is 0 Å². The van der Waals surface area contributed by atoms with E-state index in [-0.39, 0.29) is 10.7 Å². The van der Waals surface area contributed by atoms with Crippen LogP contribution in [0.2, 0.25) is 10.0 Å². The average Bonchev–Trinajstić information content (AvgIpc) is 2.60. The van der Waals surface area contributed by atoms with Crippen molar-refractivity contribution in [3.63, 3.8) is 0 Å². The minimum atomic E-state index is -4.59. The van der Waals surface area contributed by atoms with Crippen molar-refractivity contribution >= 4 is 46.4 Å². The first kappa shape index (κ1) is 20.3. The number of ether oxygens (including phenoxy) is 1. The van der Waals surface area contributed by atoms with E-state index in [4.69, 9.17) is 27.9 Å². The molecule has 0 radical (unpaired) electrons. The minimum absolute atomic E-state index is 0.0635. The lowest BCUT2D eigenvalue weighted by atomic mass is 10.1. The molecule has 5 nitrogen and oxygen atoms in total. The van der Waals surface area contributed by atoms with E-state index in [9.17, 15) is 22.8 Å². The van der Waals surface area contributed by atoms with Gasteiger partial charge in [-0.15, -0.1) is 0 Å². The van der Waals surface area contributed by atoms with Gasteiger partial charge in [0.2, 0.25) is 5.91 Å². The molecule has 1 heterocycles. The Hall–Kier alpha value is -2.45. The Morgan fingerprint density at radius 3 is 2.61 bits per heavy atom. The molecule has 148 valence electrons. The number of carbonyl (C=O) groups is 2. The Kier molecular flexibility index (Phi) is 5.45. The lowest BCUT2D eigenvalue weighted by Crippen LogP contribution is -2.47. The fourth-order valence-corrected chi connectivity index (χ4v) is 3.01. The van der Waals surface area contributed by atoms with Crippen molar-refractivity contribution in [1.29, 1.82) is 0 Å². The van der Waals surface area contributed by atoms with Crippen LogP contribution in [0.4, 0.5) is 24.5 Å². The van der Waals surface area contributed by atoms with Crippen LogP contribution >= 0.6 is 23.2 Å². The van der Waals surface area contributed by atoms with Gasteiger partial charge in [0.15, 0.2) is 6.10 Å². The van der Waals surface area contributed by atoms with Crippen molar-refractivity contribution in [2.45, 2.75) is 19.2 Å². The topological polar surface area (TPSA) is 58.6 Å². The van der Waals surface area contributed by atoms with Crippen LogP contribution in [-0.4, -0.2) is 24.5 Å². The smallest absolute Gasteiger partial charge is 0.416 e. The molecule has 0 bridgehead atoms. The summed E-state index contributed by atoms with van der Waals surface area (Å²) in [6, 6.07) is 7.18. The number of carbonyl (C=O) groups excluding carboxylic acids is 2. The zero-order valence-electron chi connectivity index (χ0n) is 14.3. The van der Waals surface area contributed by atoms with Gasteiger partial charge in [-0.2, -0.15) is 13.2 Å². The molecule has 0 fully saturated rings. The van der Waals surface area contributed by atoms with Crippen LogP contribution in [0.25, 0.3) is 0 Å². The number of fused-ring (bicyclic) bond motifs is 1. The van der Waals surface area contributed by atoms with Crippen LogP contribution < -0.4 is 15.0 Å². The van der Waals surface area contributed by atoms with Crippen molar-refractivity contribution < 1.29 is 27.5 Å². The standard InChI is InChI=1S/C18H13Cl2F3N2O3/c1-9-17(27)25(14-7-11(19)3-5-15(14)28-9)8-16(26)24-13-6-10(18(21,22)23)2-4-12(13)20/h2-7,9H,8H2,1H3,(H,24,26). The molecule has 0 saturated heterocycles. The van der Waals surface area contributed by atoms with Crippen LogP contribution in [0.1, 0.15) is 12.5 Å². The van der Waals surface area contributed by atoms with Gasteiger partial charge in [-0.05, 0) is 43.3 Å². The van der Waals surface area contributed by atoms with Crippen LogP contribution in [0.3, 0.4) is 0 Å². The molecule has 0 aromatic heterocycles. The second-order valence-corrected chi connectivity index (χ2v) is 6.88. The predicted octanol–water partition coefficient (Wildman–Crippen LogP) is 4.76. The quantitative estimate of drug-likeness (QED) is 0.759. The number of alkyl halides is 3. The highest BCUT2D eigenvalue weighted by Crippen LogP contribution is 2.37. The summed E-state index contributed by atoms with van der Waals surface area (Å²) in [5.74, 6) is -0.851. The maximum atomic E-state index is 12.9. The first-order valence-corrected chi connectivity index (χ1v) is 8.76. The fraction of sp³-hybridized carbons (Fsp3) is 0.222. The monoisotopic (exact) mass is 432 g/mol. The summed E-state index contributed by atoms with van der Waals surface area (Å²) in [6.45, 7) is 1.07. The largest absolute Gasteiger partial charge is 0.479 e. The van der Waals surface area contributed by atoms with Crippen molar-refractivity contribution in [1.82, 2.24) is 0 Å². The lowest BCUT2D eigenvalue weighted by molar-refractivity contribution is -0.137. The summed E-state index contributed by atoms with van der Waals surface area (Å²) < 4.78 is 44.1. The maximum absolute atomic E-state index is 12.9. The molecule has 1 aliphatic heterocycles. The first-order chi connectivity index (χ1) is 13.1. The average molecular weight is 433 g/mol. The third-order valence-electron chi connectivity index (χ3n) is 4.00. The van der Waals surface area contributed by atoms with Crippen molar-refractivity contribution in [2.75, 3.05) is 16.8 Å². The van der Waals surface area contributed by atoms with Gasteiger partial charge in [-0.25, -0.2) is 0 Å². The molecule has 1 N–H and O–H groups in total. The number of hydrogen-bond donors (Lipinski definition) is 1. The Balaban J connectivity index is 1.84. The van der Waals surface area contributed by atoms with E-state index in [1.807, 2.05) is 0 Å². The second-order valence-electron chi connectivity index (χ2n) is 6.04. The summed E-state index contributed by atoms with van der Waals surface area (Å²) in [5.41, 5.74) is -0.872. The van der Waals surface area contributed by atoms with Gasteiger partial charge < -0.3 is 10.1 Å². The summed E-state index contributed by atoms with van der Waals surface area (Å²) in [4.78, 5) is 26.0. The number of halogens is 5. The normalized spacial score (nSPS) is 16.4. The van der Waals surface area contributed by atoms with Gasteiger partial charge >= 0.3 is 6.18 Å². The van der Waals surface area contributed by atoms with Gasteiger partial charge in [-0.1, -0.05) is 23.2 Å². The molecular weight excluding hydrogens is 420 g/mol. The van der Waals surface area contributed by atoms with Gasteiger partial charge in [0.1, 0.15) is 12.3 Å². The van der Waals surface area contributed by atoms with E-state index in [2.05, 4.69) is 5.32 Å². The molecule has 28 heavy (non-hydrogen) atoms. The Labute approximate surface area is 168 Å². The molecule has 0 saturated carbocycles. The van der Waals surface area contributed by atoms with E-state index in [1.165, 1.54) is 13.0 Å². The first-order valence-electron chi connectivity index (χ1n) is 8.00. The number of amides is 2. The van der Waals surface area contributed by atoms with Crippen molar-refractivity contribution in [3.8, 4) is 5.75 Å². The third kappa shape index (κ3) is 4.18. The van der Waals surface area contributed by atoms with Crippen LogP contribution in [0.5, 0.6) is 5.75 Å². The summed E-state index contributed by atoms with van der Waals surface area (Å²) in [7, 11) is 0. The molecule has 2 aromatic carbocycles. The predicted molar refractivity (Wildman–Crippen MR) is 99.0 cm³/mol. The van der Waals surface area contributed by atoms with Crippen LogP contribution in [-0.2, 0) is 15.8 Å². The maximum Gasteiger partial charge on any atom is 0.416 e. The fourth-order valence-electron chi connectivity index (χ4n) is 2.67. The summed E-state index contributed by atoms with van der Waals surface area (Å²) in [5, 5.41) is 2.58. The molecule has 0 spiro atoms. The molecule has 1 aliphatic rings. The van der Waals surface area contributed by atoms with E-state index in [0.717, 1.165) is 23.1 Å². The van der Waals surface area contributed by atoms with Gasteiger partial charge in [0.25, 0.3) is 5.91 Å². The number of nitrogens with zero attached hydrogens (tertiary/aromatic N) is 1. The molecule has 0 aliphatic carbocycles. The summed E-state index contributed by atoms with van der Waals surface area (Å²) in [6.07, 6.45) is -5.42. The number of nitrogens with one attached hydrogen (secondary N) is 1. The molecule has 2 aromatic rings. The SMILES string of the molecule is CC1Oc2ccc(Cl)cc2N(CC(=O)Nc2cc(C(F)(F)F)ccc2Cl)C1=O. The van der Waals surface area contributed by atoms with Crippen LogP contribution in [0, 0.1) is 0 Å². The van der Waals surface area contributed by atoms with Crippen molar-refractivity contribution in [2.24, 2.45) is 0 Å². The third-order valence-corrected chi connectivity index (χ3v) is 4.56. The molecule has 2 amide bonds. The van der Waals surface area contributed by atoms with Gasteiger partial charge in [0, 0.05) is 5.02 Å². The number of hydrogen-bond acceptors (Lipinski definition) is 3.